The van der Waals surface area contributed by atoms with Crippen LogP contribution in [0, 0.1) is 0 Å². The summed E-state index contributed by atoms with van der Waals surface area (Å²) in [6.45, 7) is 6.10. The number of carbonyl (C=O) groups excluding carboxylic acids is 1. The summed E-state index contributed by atoms with van der Waals surface area (Å²) in [5.41, 5.74) is 1.78. The molecule has 20 heavy (non-hydrogen) atoms. The molecule has 1 N–H and O–H groups in total. The maximum absolute atomic E-state index is 11.8. The van der Waals surface area contributed by atoms with E-state index >= 15 is 0 Å². The minimum absolute atomic E-state index is 0.0807. The first-order valence-electron chi connectivity index (χ1n) is 6.44. The van der Waals surface area contributed by atoms with Crippen molar-refractivity contribution in [2.24, 2.45) is 0 Å². The second-order valence-corrected chi connectivity index (χ2v) is 5.64. The SMILES string of the molecule is CCOC(=O)c1cnc2cc(Br)c(C(C)C)cc2c1O. The Kier molecular flexibility index (Phi) is 4.28. The van der Waals surface area contributed by atoms with E-state index in [1.165, 1.54) is 6.20 Å². The van der Waals surface area contributed by atoms with E-state index in [-0.39, 0.29) is 17.9 Å². The Bertz CT molecular complexity index is 668. The van der Waals surface area contributed by atoms with Crippen molar-refractivity contribution in [3.05, 3.63) is 33.9 Å². The standard InChI is InChI=1S/C15H16BrNO3/c1-4-20-15(19)11-7-17-13-6-12(16)9(8(2)3)5-10(13)14(11)18/h5-8H,4H2,1-3H3,(H,17,18). The van der Waals surface area contributed by atoms with Crippen molar-refractivity contribution in [3.63, 3.8) is 0 Å². The van der Waals surface area contributed by atoms with Crippen LogP contribution < -0.4 is 0 Å². The van der Waals surface area contributed by atoms with E-state index in [4.69, 9.17) is 4.74 Å². The first-order valence-corrected chi connectivity index (χ1v) is 7.23. The van der Waals surface area contributed by atoms with E-state index in [2.05, 4.69) is 34.8 Å². The number of halogens is 1. The summed E-state index contributed by atoms with van der Waals surface area (Å²) in [5.74, 6) is -0.351. The molecule has 0 aliphatic rings. The number of hydrogen-bond acceptors (Lipinski definition) is 4. The number of carbonyl (C=O) groups is 1. The number of aromatic nitrogens is 1. The summed E-state index contributed by atoms with van der Waals surface area (Å²) < 4.78 is 5.85. The summed E-state index contributed by atoms with van der Waals surface area (Å²) >= 11 is 3.50. The van der Waals surface area contributed by atoms with Gasteiger partial charge in [-0.2, -0.15) is 0 Å². The third-order valence-electron chi connectivity index (χ3n) is 3.08. The number of fused-ring (bicyclic) bond motifs is 1. The molecule has 0 saturated heterocycles. The van der Waals surface area contributed by atoms with Gasteiger partial charge in [0.25, 0.3) is 0 Å². The smallest absolute Gasteiger partial charge is 0.343 e. The minimum Gasteiger partial charge on any atom is -0.506 e. The monoisotopic (exact) mass is 337 g/mol. The number of rotatable bonds is 3. The largest absolute Gasteiger partial charge is 0.506 e. The molecule has 0 aliphatic carbocycles. The molecule has 0 unspecified atom stereocenters. The van der Waals surface area contributed by atoms with Gasteiger partial charge in [0, 0.05) is 16.1 Å². The van der Waals surface area contributed by atoms with Gasteiger partial charge in [0.1, 0.15) is 11.3 Å². The van der Waals surface area contributed by atoms with Gasteiger partial charge in [0.05, 0.1) is 12.1 Å². The Morgan fingerprint density at radius 2 is 2.15 bits per heavy atom. The number of benzene rings is 1. The molecule has 1 heterocycles. The van der Waals surface area contributed by atoms with E-state index in [0.29, 0.717) is 16.8 Å². The van der Waals surface area contributed by atoms with E-state index in [1.54, 1.807) is 6.92 Å². The molecule has 0 radical (unpaired) electrons. The minimum atomic E-state index is -0.562. The van der Waals surface area contributed by atoms with Crippen LogP contribution in [0.2, 0.25) is 0 Å². The van der Waals surface area contributed by atoms with E-state index in [1.807, 2.05) is 12.1 Å². The fourth-order valence-electron chi connectivity index (χ4n) is 2.02. The van der Waals surface area contributed by atoms with Gasteiger partial charge in [0.15, 0.2) is 0 Å². The van der Waals surface area contributed by atoms with Gasteiger partial charge in [0.2, 0.25) is 0 Å². The molecular weight excluding hydrogens is 322 g/mol. The van der Waals surface area contributed by atoms with E-state index in [0.717, 1.165) is 10.0 Å². The maximum atomic E-state index is 11.8. The lowest BCUT2D eigenvalue weighted by Gasteiger charge is -2.12. The quantitative estimate of drug-likeness (QED) is 0.860. The van der Waals surface area contributed by atoms with Gasteiger partial charge in [-0.3, -0.25) is 4.98 Å². The van der Waals surface area contributed by atoms with Crippen LogP contribution in [-0.2, 0) is 4.74 Å². The molecule has 2 aromatic rings. The van der Waals surface area contributed by atoms with Crippen LogP contribution >= 0.6 is 15.9 Å². The van der Waals surface area contributed by atoms with Crippen molar-refractivity contribution >= 4 is 32.8 Å². The summed E-state index contributed by atoms with van der Waals surface area (Å²) in [6.07, 6.45) is 1.34. The van der Waals surface area contributed by atoms with Gasteiger partial charge >= 0.3 is 5.97 Å². The Morgan fingerprint density at radius 1 is 1.45 bits per heavy atom. The summed E-state index contributed by atoms with van der Waals surface area (Å²) in [5, 5.41) is 10.8. The zero-order valence-corrected chi connectivity index (χ0v) is 13.2. The molecule has 5 heteroatoms. The predicted octanol–water partition coefficient (Wildman–Crippen LogP) is 4.00. The van der Waals surface area contributed by atoms with Crippen LogP contribution in [0.1, 0.15) is 42.6 Å². The van der Waals surface area contributed by atoms with Gasteiger partial charge < -0.3 is 9.84 Å². The summed E-state index contributed by atoms with van der Waals surface area (Å²) in [6, 6.07) is 3.70. The fourth-order valence-corrected chi connectivity index (χ4v) is 2.81. The highest BCUT2D eigenvalue weighted by molar-refractivity contribution is 9.10. The maximum Gasteiger partial charge on any atom is 0.343 e. The van der Waals surface area contributed by atoms with E-state index < -0.39 is 5.97 Å². The second kappa shape index (κ2) is 5.79. The number of nitrogens with zero attached hydrogens (tertiary/aromatic N) is 1. The molecule has 0 aliphatic heterocycles. The molecule has 0 amide bonds. The van der Waals surface area contributed by atoms with Crippen LogP contribution in [0.5, 0.6) is 5.75 Å². The first-order chi connectivity index (χ1) is 9.45. The highest BCUT2D eigenvalue weighted by atomic mass is 79.9. The lowest BCUT2D eigenvalue weighted by molar-refractivity contribution is 0.0523. The molecule has 2 rings (SSSR count). The molecule has 106 valence electrons. The average Bonchev–Trinajstić information content (AvgIpc) is 2.38. The summed E-state index contributed by atoms with van der Waals surface area (Å²) in [7, 11) is 0. The number of esters is 1. The molecule has 0 spiro atoms. The zero-order chi connectivity index (χ0) is 14.9. The van der Waals surface area contributed by atoms with Crippen LogP contribution in [0.3, 0.4) is 0 Å². The molecule has 1 aromatic carbocycles. The third kappa shape index (κ3) is 2.63. The van der Waals surface area contributed by atoms with Crippen LogP contribution in [0.25, 0.3) is 10.9 Å². The topological polar surface area (TPSA) is 59.4 Å². The molecule has 0 fully saturated rings. The molecule has 4 nitrogen and oxygen atoms in total. The third-order valence-corrected chi connectivity index (χ3v) is 3.76. The van der Waals surface area contributed by atoms with Gasteiger partial charge in [-0.15, -0.1) is 0 Å². The Labute approximate surface area is 125 Å². The van der Waals surface area contributed by atoms with E-state index in [9.17, 15) is 9.90 Å². The van der Waals surface area contributed by atoms with Crippen molar-refractivity contribution < 1.29 is 14.6 Å². The zero-order valence-electron chi connectivity index (χ0n) is 11.6. The molecular formula is C15H16BrNO3. The van der Waals surface area contributed by atoms with Crippen molar-refractivity contribution in [2.45, 2.75) is 26.7 Å². The first kappa shape index (κ1) is 14.8. The molecule has 0 atom stereocenters. The Balaban J connectivity index is 2.65. The molecule has 0 bridgehead atoms. The number of aromatic hydroxyl groups is 1. The number of hydrogen-bond donors (Lipinski definition) is 1. The van der Waals surface area contributed by atoms with Crippen molar-refractivity contribution in [3.8, 4) is 5.75 Å². The number of pyridine rings is 1. The molecule has 0 saturated carbocycles. The predicted molar refractivity (Wildman–Crippen MR) is 81.2 cm³/mol. The summed E-state index contributed by atoms with van der Waals surface area (Å²) in [4.78, 5) is 16.0. The molecule has 1 aromatic heterocycles. The van der Waals surface area contributed by atoms with Gasteiger partial charge in [-0.1, -0.05) is 29.8 Å². The van der Waals surface area contributed by atoms with Crippen LogP contribution in [-0.4, -0.2) is 22.7 Å². The highest BCUT2D eigenvalue weighted by Gasteiger charge is 2.17. The Hall–Kier alpha value is -1.62. The van der Waals surface area contributed by atoms with Gasteiger partial charge in [-0.25, -0.2) is 4.79 Å². The van der Waals surface area contributed by atoms with Crippen molar-refractivity contribution in [2.75, 3.05) is 6.61 Å². The normalized spacial score (nSPS) is 11.1. The second-order valence-electron chi connectivity index (χ2n) is 4.79. The van der Waals surface area contributed by atoms with Crippen molar-refractivity contribution in [1.82, 2.24) is 4.98 Å². The number of ether oxygens (including phenoxy) is 1. The Morgan fingerprint density at radius 3 is 2.75 bits per heavy atom. The highest BCUT2D eigenvalue weighted by Crippen LogP contribution is 2.34. The average molecular weight is 338 g/mol. The van der Waals surface area contributed by atoms with Crippen LogP contribution in [0.4, 0.5) is 0 Å². The van der Waals surface area contributed by atoms with Crippen molar-refractivity contribution in [1.29, 1.82) is 0 Å². The lowest BCUT2D eigenvalue weighted by Crippen LogP contribution is -2.06. The fraction of sp³-hybridized carbons (Fsp3) is 0.333. The van der Waals surface area contributed by atoms with Gasteiger partial charge in [-0.05, 0) is 30.5 Å². The van der Waals surface area contributed by atoms with Crippen LogP contribution in [0.15, 0.2) is 22.8 Å². The lowest BCUT2D eigenvalue weighted by atomic mass is 10.00.